The van der Waals surface area contributed by atoms with Gasteiger partial charge >= 0.3 is 0 Å². The van der Waals surface area contributed by atoms with Crippen molar-refractivity contribution in [3.05, 3.63) is 93.5 Å². The fourth-order valence-electron chi connectivity index (χ4n) is 3.95. The van der Waals surface area contributed by atoms with Gasteiger partial charge in [-0.25, -0.2) is 0 Å². The molecule has 0 saturated heterocycles. The first-order valence-corrected chi connectivity index (χ1v) is 10.7. The molecule has 0 spiro atoms. The SMILES string of the molecule is COc1ccc(C(=O)CC2(O)C(=O)N(Cc3cccc(C)c3)c3ccc(Br)cc32)cc1. The van der Waals surface area contributed by atoms with Crippen LogP contribution in [0.3, 0.4) is 0 Å². The van der Waals surface area contributed by atoms with E-state index in [4.69, 9.17) is 4.74 Å². The van der Waals surface area contributed by atoms with Crippen molar-refractivity contribution in [3.8, 4) is 5.75 Å². The van der Waals surface area contributed by atoms with Gasteiger partial charge in [-0.1, -0.05) is 45.8 Å². The van der Waals surface area contributed by atoms with Gasteiger partial charge in [-0.3, -0.25) is 9.59 Å². The van der Waals surface area contributed by atoms with Crippen molar-refractivity contribution in [2.24, 2.45) is 0 Å². The first kappa shape index (κ1) is 21.3. The number of ether oxygens (including phenoxy) is 1. The van der Waals surface area contributed by atoms with Gasteiger partial charge in [-0.2, -0.15) is 0 Å². The number of aryl methyl sites for hydroxylation is 1. The zero-order valence-electron chi connectivity index (χ0n) is 17.3. The summed E-state index contributed by atoms with van der Waals surface area (Å²) in [4.78, 5) is 28.0. The molecule has 0 radical (unpaired) electrons. The van der Waals surface area contributed by atoms with Crippen molar-refractivity contribution >= 4 is 33.3 Å². The maximum absolute atomic E-state index is 13.4. The summed E-state index contributed by atoms with van der Waals surface area (Å²) in [6.07, 6.45) is -0.341. The Bertz CT molecular complexity index is 1160. The van der Waals surface area contributed by atoms with Crippen molar-refractivity contribution in [2.75, 3.05) is 12.0 Å². The van der Waals surface area contributed by atoms with E-state index in [-0.39, 0.29) is 12.2 Å². The quantitative estimate of drug-likeness (QED) is 0.516. The Balaban J connectivity index is 1.68. The number of carbonyl (C=O) groups excluding carboxylic acids is 2. The highest BCUT2D eigenvalue weighted by Crippen LogP contribution is 2.44. The third-order valence-electron chi connectivity index (χ3n) is 5.55. The van der Waals surface area contributed by atoms with Crippen molar-refractivity contribution in [2.45, 2.75) is 25.5 Å². The first-order valence-electron chi connectivity index (χ1n) is 9.89. The molecule has 1 atom stereocenters. The monoisotopic (exact) mass is 479 g/mol. The van der Waals surface area contributed by atoms with E-state index in [2.05, 4.69) is 15.9 Å². The number of amides is 1. The number of rotatable bonds is 6. The second-order valence-electron chi connectivity index (χ2n) is 7.73. The number of Topliss-reactive ketones (excluding diaryl/α,β-unsaturated/α-hetero) is 1. The van der Waals surface area contributed by atoms with Gasteiger partial charge in [0.1, 0.15) is 5.75 Å². The predicted octanol–water partition coefficient (Wildman–Crippen LogP) is 4.77. The van der Waals surface area contributed by atoms with Crippen molar-refractivity contribution in [1.82, 2.24) is 0 Å². The number of fused-ring (bicyclic) bond motifs is 1. The second-order valence-corrected chi connectivity index (χ2v) is 8.65. The third-order valence-corrected chi connectivity index (χ3v) is 6.04. The number of aliphatic hydroxyl groups is 1. The maximum atomic E-state index is 13.4. The molecule has 3 aromatic carbocycles. The van der Waals surface area contributed by atoms with Gasteiger partial charge in [0.15, 0.2) is 11.4 Å². The molecular formula is C25H22BrNO4. The van der Waals surface area contributed by atoms with Crippen LogP contribution in [0.1, 0.15) is 33.5 Å². The van der Waals surface area contributed by atoms with Gasteiger partial charge in [0, 0.05) is 15.6 Å². The number of anilines is 1. The Morgan fingerprint density at radius 2 is 1.84 bits per heavy atom. The minimum absolute atomic E-state index is 0.314. The Kier molecular flexibility index (Phi) is 5.69. The largest absolute Gasteiger partial charge is 0.497 e. The third kappa shape index (κ3) is 4.01. The Morgan fingerprint density at radius 3 is 2.52 bits per heavy atom. The van der Waals surface area contributed by atoms with E-state index in [0.717, 1.165) is 15.6 Å². The normalized spacial score (nSPS) is 17.5. The number of nitrogens with zero attached hydrogens (tertiary/aromatic N) is 1. The first-order chi connectivity index (χ1) is 14.8. The standard InChI is InChI=1S/C25H22BrNO4/c1-16-4-3-5-17(12-16)15-27-22-11-8-19(26)13-21(22)25(30,24(27)29)14-23(28)18-6-9-20(31-2)10-7-18/h3-13,30H,14-15H2,1-2H3. The molecule has 1 aliphatic rings. The van der Waals surface area contributed by atoms with E-state index in [9.17, 15) is 14.7 Å². The van der Waals surface area contributed by atoms with Gasteiger partial charge in [0.2, 0.25) is 0 Å². The van der Waals surface area contributed by atoms with Crippen LogP contribution in [0.5, 0.6) is 5.75 Å². The summed E-state index contributed by atoms with van der Waals surface area (Å²) in [6.45, 7) is 2.30. The number of carbonyl (C=O) groups is 2. The topological polar surface area (TPSA) is 66.8 Å². The van der Waals surface area contributed by atoms with E-state index in [0.29, 0.717) is 29.1 Å². The van der Waals surface area contributed by atoms with Crippen molar-refractivity contribution in [3.63, 3.8) is 0 Å². The summed E-state index contributed by atoms with van der Waals surface area (Å²) in [5, 5.41) is 11.5. The van der Waals surface area contributed by atoms with Crippen LogP contribution in [0.4, 0.5) is 5.69 Å². The van der Waals surface area contributed by atoms with Crippen LogP contribution in [-0.4, -0.2) is 23.9 Å². The molecule has 1 aliphatic heterocycles. The highest BCUT2D eigenvalue weighted by molar-refractivity contribution is 9.10. The molecule has 0 saturated carbocycles. The number of benzene rings is 3. The molecule has 0 aromatic heterocycles. The van der Waals surface area contributed by atoms with Gasteiger partial charge in [0.05, 0.1) is 25.8 Å². The van der Waals surface area contributed by atoms with Gasteiger partial charge < -0.3 is 14.7 Å². The van der Waals surface area contributed by atoms with Crippen molar-refractivity contribution < 1.29 is 19.4 Å². The number of halogens is 1. The van der Waals surface area contributed by atoms with Crippen LogP contribution in [-0.2, 0) is 16.9 Å². The van der Waals surface area contributed by atoms with Gasteiger partial charge in [-0.15, -0.1) is 0 Å². The Hall–Kier alpha value is -2.96. The molecule has 4 rings (SSSR count). The lowest BCUT2D eigenvalue weighted by molar-refractivity contribution is -0.136. The van der Waals surface area contributed by atoms with Crippen LogP contribution in [0.15, 0.2) is 71.2 Å². The average Bonchev–Trinajstić information content (AvgIpc) is 2.95. The van der Waals surface area contributed by atoms with Crippen LogP contribution in [0, 0.1) is 6.92 Å². The van der Waals surface area contributed by atoms with E-state index < -0.39 is 11.5 Å². The molecule has 1 unspecified atom stereocenters. The van der Waals surface area contributed by atoms with E-state index in [1.54, 1.807) is 48.4 Å². The maximum Gasteiger partial charge on any atom is 0.264 e. The van der Waals surface area contributed by atoms with Crippen LogP contribution in [0.2, 0.25) is 0 Å². The fourth-order valence-corrected chi connectivity index (χ4v) is 4.32. The zero-order valence-corrected chi connectivity index (χ0v) is 18.8. The second kappa shape index (κ2) is 8.29. The summed E-state index contributed by atoms with van der Waals surface area (Å²) in [5.41, 5.74) is 1.56. The van der Waals surface area contributed by atoms with E-state index >= 15 is 0 Å². The van der Waals surface area contributed by atoms with Crippen LogP contribution in [0.25, 0.3) is 0 Å². The molecule has 6 heteroatoms. The molecule has 0 fully saturated rings. The Labute approximate surface area is 189 Å². The minimum Gasteiger partial charge on any atom is -0.497 e. The number of hydrogen-bond donors (Lipinski definition) is 1. The molecule has 5 nitrogen and oxygen atoms in total. The molecular weight excluding hydrogens is 458 g/mol. The summed E-state index contributed by atoms with van der Waals surface area (Å²) < 4.78 is 5.86. The summed E-state index contributed by atoms with van der Waals surface area (Å²) >= 11 is 3.42. The lowest BCUT2D eigenvalue weighted by Crippen LogP contribution is -2.41. The zero-order chi connectivity index (χ0) is 22.2. The lowest BCUT2D eigenvalue weighted by atomic mass is 9.88. The molecule has 1 amide bonds. The fraction of sp³-hybridized carbons (Fsp3) is 0.200. The number of hydrogen-bond acceptors (Lipinski definition) is 4. The Morgan fingerprint density at radius 1 is 1.10 bits per heavy atom. The minimum atomic E-state index is -1.93. The predicted molar refractivity (Wildman–Crippen MR) is 122 cm³/mol. The average molecular weight is 480 g/mol. The lowest BCUT2D eigenvalue weighted by Gasteiger charge is -2.23. The number of methoxy groups -OCH3 is 1. The molecule has 3 aromatic rings. The van der Waals surface area contributed by atoms with Gasteiger partial charge in [0.25, 0.3) is 5.91 Å². The smallest absolute Gasteiger partial charge is 0.264 e. The molecule has 1 heterocycles. The van der Waals surface area contributed by atoms with Crippen LogP contribution < -0.4 is 9.64 Å². The summed E-state index contributed by atoms with van der Waals surface area (Å²) in [5.74, 6) is -0.184. The van der Waals surface area contributed by atoms with E-state index in [1.165, 1.54) is 0 Å². The molecule has 31 heavy (non-hydrogen) atoms. The van der Waals surface area contributed by atoms with E-state index in [1.807, 2.05) is 37.3 Å². The van der Waals surface area contributed by atoms with Crippen LogP contribution >= 0.6 is 15.9 Å². The molecule has 1 N–H and O–H groups in total. The molecule has 0 bridgehead atoms. The molecule has 158 valence electrons. The molecule has 0 aliphatic carbocycles. The summed E-state index contributed by atoms with van der Waals surface area (Å²) in [6, 6.07) is 19.8. The summed E-state index contributed by atoms with van der Waals surface area (Å²) in [7, 11) is 1.55. The van der Waals surface area contributed by atoms with Crippen molar-refractivity contribution in [1.29, 1.82) is 0 Å². The highest BCUT2D eigenvalue weighted by atomic mass is 79.9. The highest BCUT2D eigenvalue weighted by Gasteiger charge is 2.51. The number of ketones is 1. The van der Waals surface area contributed by atoms with Gasteiger partial charge in [-0.05, 0) is 55.0 Å².